The minimum atomic E-state index is -1.85. The third-order valence-electron chi connectivity index (χ3n) is 4.67. The SMILES string of the molecule is COC(=O)[C@@H]1C[C@H](C(Sc2ccccc2)(C(=O)OC)C(=O)OC)C=CN1C(=O)OC. The third-order valence-corrected chi connectivity index (χ3v) is 6.14. The smallest absolute Gasteiger partial charge is 0.414 e. The minimum absolute atomic E-state index is 0.0949. The maximum Gasteiger partial charge on any atom is 0.414 e. The second-order valence-electron chi connectivity index (χ2n) is 6.23. The van der Waals surface area contributed by atoms with Crippen molar-refractivity contribution in [3.05, 3.63) is 42.6 Å². The average Bonchev–Trinajstić information content (AvgIpc) is 2.80. The molecule has 9 nitrogen and oxygen atoms in total. The Morgan fingerprint density at radius 2 is 1.53 bits per heavy atom. The number of esters is 3. The molecule has 1 aromatic carbocycles. The number of hydrogen-bond donors (Lipinski definition) is 0. The molecule has 1 aliphatic heterocycles. The van der Waals surface area contributed by atoms with Crippen LogP contribution in [-0.4, -0.2) is 68.1 Å². The Balaban J connectivity index is 2.59. The quantitative estimate of drug-likeness (QED) is 0.286. The lowest BCUT2D eigenvalue weighted by atomic mass is 9.83. The van der Waals surface area contributed by atoms with Crippen molar-refractivity contribution in [2.45, 2.75) is 22.1 Å². The highest BCUT2D eigenvalue weighted by Gasteiger charge is 2.57. The van der Waals surface area contributed by atoms with Gasteiger partial charge < -0.3 is 18.9 Å². The molecule has 1 heterocycles. The van der Waals surface area contributed by atoms with Crippen LogP contribution in [0.2, 0.25) is 0 Å². The molecule has 2 atom stereocenters. The van der Waals surface area contributed by atoms with Gasteiger partial charge in [0.1, 0.15) is 6.04 Å². The highest BCUT2D eigenvalue weighted by Crippen LogP contribution is 2.45. The molecule has 1 aromatic rings. The molecule has 0 aromatic heterocycles. The molecule has 0 saturated carbocycles. The first-order chi connectivity index (χ1) is 14.3. The summed E-state index contributed by atoms with van der Waals surface area (Å²) >= 11 is 0.958. The van der Waals surface area contributed by atoms with Gasteiger partial charge in [-0.25, -0.2) is 19.2 Å². The van der Waals surface area contributed by atoms with Gasteiger partial charge in [0.2, 0.25) is 4.75 Å². The van der Waals surface area contributed by atoms with Crippen LogP contribution in [-0.2, 0) is 33.3 Å². The van der Waals surface area contributed by atoms with Gasteiger partial charge in [-0.3, -0.25) is 4.90 Å². The summed E-state index contributed by atoms with van der Waals surface area (Å²) in [4.78, 5) is 52.0. The molecule has 1 amide bonds. The lowest BCUT2D eigenvalue weighted by molar-refractivity contribution is -0.159. The summed E-state index contributed by atoms with van der Waals surface area (Å²) in [5.74, 6) is -3.25. The molecule has 0 radical (unpaired) electrons. The molecule has 1 aliphatic rings. The van der Waals surface area contributed by atoms with Crippen molar-refractivity contribution in [1.29, 1.82) is 0 Å². The number of methoxy groups -OCH3 is 4. The fourth-order valence-corrected chi connectivity index (χ4v) is 4.52. The summed E-state index contributed by atoms with van der Waals surface area (Å²) in [6.45, 7) is 0. The van der Waals surface area contributed by atoms with E-state index in [2.05, 4.69) is 0 Å². The van der Waals surface area contributed by atoms with Gasteiger partial charge in [0.15, 0.2) is 0 Å². The molecule has 0 fully saturated rings. The largest absolute Gasteiger partial charge is 0.468 e. The number of amides is 1. The van der Waals surface area contributed by atoms with E-state index < -0.39 is 40.7 Å². The maximum absolute atomic E-state index is 13.0. The van der Waals surface area contributed by atoms with Crippen LogP contribution in [0.15, 0.2) is 47.5 Å². The summed E-state index contributed by atoms with van der Waals surface area (Å²) < 4.78 is 17.6. The van der Waals surface area contributed by atoms with Gasteiger partial charge in [0.05, 0.1) is 28.4 Å². The predicted octanol–water partition coefficient (Wildman–Crippen LogP) is 2.01. The summed E-state index contributed by atoms with van der Waals surface area (Å²) in [6, 6.07) is 7.67. The van der Waals surface area contributed by atoms with Crippen LogP contribution < -0.4 is 0 Å². The summed E-state index contributed by atoms with van der Waals surface area (Å²) in [7, 11) is 4.68. The molecular formula is C20H23NO8S. The molecule has 0 spiro atoms. The summed E-state index contributed by atoms with van der Waals surface area (Å²) in [6.07, 6.45) is 1.91. The molecule has 2 rings (SSSR count). The number of rotatable bonds is 6. The van der Waals surface area contributed by atoms with Crippen molar-refractivity contribution < 1.29 is 38.1 Å². The van der Waals surface area contributed by atoms with Gasteiger partial charge >= 0.3 is 24.0 Å². The summed E-state index contributed by atoms with van der Waals surface area (Å²) in [5.41, 5.74) is 0. The van der Waals surface area contributed by atoms with Crippen molar-refractivity contribution in [1.82, 2.24) is 4.90 Å². The zero-order chi connectivity index (χ0) is 22.3. The molecule has 0 aliphatic carbocycles. The standard InChI is InChI=1S/C20H23NO8S/c1-26-16(22)15-12-13(10-11-21(15)19(25)29-4)20(17(23)27-2,18(24)28-3)30-14-8-6-5-7-9-14/h5-11,13,15H,12H2,1-4H3/t13-,15+/m1/s1. The number of nitrogens with zero attached hydrogens (tertiary/aromatic N) is 1. The van der Waals surface area contributed by atoms with Gasteiger partial charge in [-0.15, -0.1) is 0 Å². The normalized spacial score (nSPS) is 18.3. The van der Waals surface area contributed by atoms with Gasteiger partial charge in [0.25, 0.3) is 0 Å². The van der Waals surface area contributed by atoms with Gasteiger partial charge in [-0.1, -0.05) is 36.0 Å². The van der Waals surface area contributed by atoms with E-state index in [0.717, 1.165) is 30.9 Å². The molecule has 0 saturated heterocycles. The molecule has 162 valence electrons. The summed E-state index contributed by atoms with van der Waals surface area (Å²) in [5, 5.41) is 0. The van der Waals surface area contributed by atoms with E-state index in [0.29, 0.717) is 4.90 Å². The van der Waals surface area contributed by atoms with E-state index in [1.807, 2.05) is 0 Å². The lowest BCUT2D eigenvalue weighted by Crippen LogP contribution is -2.55. The molecule has 10 heteroatoms. The van der Waals surface area contributed by atoms with Crippen LogP contribution >= 0.6 is 11.8 Å². The highest BCUT2D eigenvalue weighted by atomic mass is 32.2. The van der Waals surface area contributed by atoms with E-state index in [-0.39, 0.29) is 6.42 Å². The lowest BCUT2D eigenvalue weighted by Gasteiger charge is -2.39. The first kappa shape index (κ1) is 23.3. The molecule has 0 unspecified atom stereocenters. The van der Waals surface area contributed by atoms with Gasteiger partial charge in [-0.2, -0.15) is 0 Å². The highest BCUT2D eigenvalue weighted by molar-refractivity contribution is 8.02. The molecule has 0 N–H and O–H groups in total. The van der Waals surface area contributed by atoms with Crippen molar-refractivity contribution in [2.75, 3.05) is 28.4 Å². The Kier molecular flexibility index (Phi) is 7.87. The predicted molar refractivity (Wildman–Crippen MR) is 106 cm³/mol. The fourth-order valence-electron chi connectivity index (χ4n) is 3.20. The van der Waals surface area contributed by atoms with Gasteiger partial charge in [-0.05, 0) is 18.6 Å². The maximum atomic E-state index is 13.0. The van der Waals surface area contributed by atoms with Crippen LogP contribution in [0.25, 0.3) is 0 Å². The first-order valence-corrected chi connectivity index (χ1v) is 9.70. The Morgan fingerprint density at radius 1 is 0.933 bits per heavy atom. The van der Waals surface area contributed by atoms with Crippen molar-refractivity contribution in [3.63, 3.8) is 0 Å². The average molecular weight is 437 g/mol. The number of hydrogen-bond acceptors (Lipinski definition) is 9. The molecule has 30 heavy (non-hydrogen) atoms. The Bertz CT molecular complexity index is 809. The van der Waals surface area contributed by atoms with Crippen LogP contribution in [0.3, 0.4) is 0 Å². The van der Waals surface area contributed by atoms with Crippen LogP contribution in [0.1, 0.15) is 6.42 Å². The Labute approximate surface area is 178 Å². The Morgan fingerprint density at radius 3 is 2.03 bits per heavy atom. The number of carbonyl (C=O) groups is 4. The number of carbonyl (C=O) groups excluding carboxylic acids is 4. The van der Waals surface area contributed by atoms with E-state index in [1.54, 1.807) is 30.3 Å². The third kappa shape index (κ3) is 4.43. The van der Waals surface area contributed by atoms with E-state index in [1.165, 1.54) is 26.5 Å². The number of allylic oxidation sites excluding steroid dienone is 1. The zero-order valence-electron chi connectivity index (χ0n) is 17.0. The second kappa shape index (κ2) is 10.1. The van der Waals surface area contributed by atoms with Gasteiger partial charge in [0, 0.05) is 17.0 Å². The van der Waals surface area contributed by atoms with Crippen molar-refractivity contribution in [2.24, 2.45) is 5.92 Å². The monoisotopic (exact) mass is 437 g/mol. The topological polar surface area (TPSA) is 108 Å². The number of thioether (sulfide) groups is 1. The first-order valence-electron chi connectivity index (χ1n) is 8.89. The fraction of sp³-hybridized carbons (Fsp3) is 0.400. The number of benzene rings is 1. The van der Waals surface area contributed by atoms with Crippen LogP contribution in [0, 0.1) is 5.92 Å². The van der Waals surface area contributed by atoms with Crippen LogP contribution in [0.5, 0.6) is 0 Å². The van der Waals surface area contributed by atoms with Crippen molar-refractivity contribution >= 4 is 35.8 Å². The van der Waals surface area contributed by atoms with Crippen molar-refractivity contribution in [3.8, 4) is 0 Å². The zero-order valence-corrected chi connectivity index (χ0v) is 17.8. The number of ether oxygens (including phenoxy) is 4. The molecule has 0 bridgehead atoms. The van der Waals surface area contributed by atoms with E-state index >= 15 is 0 Å². The Hall–Kier alpha value is -3.01. The van der Waals surface area contributed by atoms with Crippen LogP contribution in [0.4, 0.5) is 4.79 Å². The van der Waals surface area contributed by atoms with E-state index in [9.17, 15) is 19.2 Å². The minimum Gasteiger partial charge on any atom is -0.468 e. The second-order valence-corrected chi connectivity index (χ2v) is 7.55. The molecular weight excluding hydrogens is 414 g/mol. The van der Waals surface area contributed by atoms with E-state index in [4.69, 9.17) is 18.9 Å².